The fraction of sp³-hybridized carbons (Fsp3) is 0.385. The third kappa shape index (κ3) is 4.15. The highest BCUT2D eigenvalue weighted by Gasteiger charge is 2.23. The molecule has 1 atom stereocenters. The van der Waals surface area contributed by atoms with Gasteiger partial charge in [0, 0.05) is 6.54 Å². The normalized spacial score (nSPS) is 17.9. The molecule has 110 valence electrons. The Hall–Kier alpha value is -2.66. The van der Waals surface area contributed by atoms with Crippen molar-refractivity contribution in [2.75, 3.05) is 25.0 Å². The summed E-state index contributed by atoms with van der Waals surface area (Å²) in [5, 5.41) is 20.1. The first-order valence-corrected chi connectivity index (χ1v) is 6.32. The van der Waals surface area contributed by atoms with Crippen molar-refractivity contribution >= 4 is 17.7 Å². The van der Waals surface area contributed by atoms with Gasteiger partial charge in [0.05, 0.1) is 43.2 Å². The van der Waals surface area contributed by atoms with Gasteiger partial charge in [-0.1, -0.05) is 0 Å². The van der Waals surface area contributed by atoms with Gasteiger partial charge in [0.15, 0.2) is 6.10 Å². The Balaban J connectivity index is 1.93. The quantitative estimate of drug-likeness (QED) is 0.835. The molecule has 0 radical (unpaired) electrons. The van der Waals surface area contributed by atoms with Crippen molar-refractivity contribution in [2.24, 2.45) is 0 Å². The molecule has 1 aromatic rings. The maximum absolute atomic E-state index is 12.0. The van der Waals surface area contributed by atoms with Gasteiger partial charge in [0.2, 0.25) is 0 Å². The molecular weight excluding hydrogens is 276 g/mol. The topological polar surface area (TPSA) is 116 Å². The number of morpholine rings is 1. The van der Waals surface area contributed by atoms with Crippen molar-refractivity contribution in [1.29, 1.82) is 5.26 Å². The molecule has 0 bridgehead atoms. The second-order valence-corrected chi connectivity index (χ2v) is 4.47. The summed E-state index contributed by atoms with van der Waals surface area (Å²) in [7, 11) is 0. The molecule has 21 heavy (non-hydrogen) atoms. The van der Waals surface area contributed by atoms with Crippen LogP contribution in [0, 0.1) is 11.3 Å². The van der Waals surface area contributed by atoms with E-state index < -0.39 is 12.1 Å². The van der Waals surface area contributed by atoms with Crippen LogP contribution in [0.4, 0.5) is 10.5 Å². The van der Waals surface area contributed by atoms with Gasteiger partial charge in [-0.15, -0.1) is 0 Å². The monoisotopic (exact) mass is 290 g/mol. The van der Waals surface area contributed by atoms with Crippen molar-refractivity contribution in [3.05, 3.63) is 24.0 Å². The summed E-state index contributed by atoms with van der Waals surface area (Å²) >= 11 is 0. The summed E-state index contributed by atoms with van der Waals surface area (Å²) in [5.41, 5.74) is 0.880. The molecule has 0 saturated carbocycles. The Morgan fingerprint density at radius 1 is 1.57 bits per heavy atom. The number of nitriles is 1. The zero-order valence-corrected chi connectivity index (χ0v) is 11.2. The van der Waals surface area contributed by atoms with Gasteiger partial charge in [0.25, 0.3) is 0 Å². The highest BCUT2D eigenvalue weighted by atomic mass is 16.5. The fourth-order valence-corrected chi connectivity index (χ4v) is 1.87. The number of hydrogen-bond acceptors (Lipinski definition) is 5. The van der Waals surface area contributed by atoms with E-state index in [1.54, 1.807) is 12.1 Å². The molecular formula is C13H14N4O4. The Labute approximate surface area is 120 Å². The number of anilines is 1. The van der Waals surface area contributed by atoms with E-state index in [-0.39, 0.29) is 19.0 Å². The first-order chi connectivity index (χ1) is 10.1. The second-order valence-electron chi connectivity index (χ2n) is 4.47. The third-order valence-corrected chi connectivity index (χ3v) is 2.91. The van der Waals surface area contributed by atoms with Crippen molar-refractivity contribution < 1.29 is 19.4 Å². The number of carboxylic acid groups (broad SMARTS) is 1. The summed E-state index contributed by atoms with van der Waals surface area (Å²) in [6.07, 6.45) is 0.625. The number of rotatable bonds is 3. The summed E-state index contributed by atoms with van der Waals surface area (Å²) in [6.45, 7) is 0.947. The molecule has 8 nitrogen and oxygen atoms in total. The summed E-state index contributed by atoms with van der Waals surface area (Å²) in [4.78, 5) is 28.0. The van der Waals surface area contributed by atoms with Crippen LogP contribution in [0.1, 0.15) is 5.69 Å². The fourth-order valence-electron chi connectivity index (χ4n) is 1.87. The lowest BCUT2D eigenvalue weighted by atomic mass is 10.2. The number of ether oxygens (including phenoxy) is 1. The largest absolute Gasteiger partial charge is 0.481 e. The number of amides is 2. The molecule has 1 unspecified atom stereocenters. The smallest absolute Gasteiger partial charge is 0.322 e. The molecule has 2 rings (SSSR count). The van der Waals surface area contributed by atoms with Crippen LogP contribution >= 0.6 is 0 Å². The van der Waals surface area contributed by atoms with E-state index in [2.05, 4.69) is 10.3 Å². The molecule has 1 aliphatic heterocycles. The van der Waals surface area contributed by atoms with Crippen LogP contribution in [0.15, 0.2) is 18.3 Å². The van der Waals surface area contributed by atoms with Gasteiger partial charge in [-0.05, 0) is 12.1 Å². The van der Waals surface area contributed by atoms with E-state index in [9.17, 15) is 9.59 Å². The van der Waals surface area contributed by atoms with Gasteiger partial charge in [-0.2, -0.15) is 5.26 Å². The first kappa shape index (κ1) is 14.7. The van der Waals surface area contributed by atoms with Crippen molar-refractivity contribution in [2.45, 2.75) is 12.5 Å². The zero-order chi connectivity index (χ0) is 15.2. The van der Waals surface area contributed by atoms with Crippen molar-refractivity contribution in [3.63, 3.8) is 0 Å². The van der Waals surface area contributed by atoms with Crippen molar-refractivity contribution in [3.8, 4) is 6.07 Å². The molecule has 8 heteroatoms. The zero-order valence-electron chi connectivity index (χ0n) is 11.2. The van der Waals surface area contributed by atoms with Crippen LogP contribution in [0.25, 0.3) is 0 Å². The lowest BCUT2D eigenvalue weighted by Crippen LogP contribution is -2.46. The minimum Gasteiger partial charge on any atom is -0.481 e. The molecule has 0 aromatic carbocycles. The predicted octanol–water partition coefficient (Wildman–Crippen LogP) is 0.465. The third-order valence-electron chi connectivity index (χ3n) is 2.91. The predicted molar refractivity (Wildman–Crippen MR) is 71.5 cm³/mol. The molecule has 1 aromatic heterocycles. The number of hydrogen-bond donors (Lipinski definition) is 2. The van der Waals surface area contributed by atoms with Gasteiger partial charge < -0.3 is 20.1 Å². The molecule has 2 N–H and O–H groups in total. The number of nitrogens with one attached hydrogen (secondary N) is 1. The molecule has 0 spiro atoms. The second kappa shape index (κ2) is 6.67. The Morgan fingerprint density at radius 2 is 2.38 bits per heavy atom. The number of aliphatic carboxylic acids is 1. The van der Waals surface area contributed by atoms with Crippen LogP contribution in [-0.2, 0) is 16.0 Å². The number of carbonyl (C=O) groups excluding carboxylic acids is 1. The maximum Gasteiger partial charge on any atom is 0.322 e. The SMILES string of the molecule is N#CC1CN(C(=O)Nc2ccc(CC(=O)O)nc2)CCO1. The molecule has 1 fully saturated rings. The minimum absolute atomic E-state index is 0.165. The van der Waals surface area contributed by atoms with Gasteiger partial charge in [0.1, 0.15) is 0 Å². The highest BCUT2D eigenvalue weighted by Crippen LogP contribution is 2.10. The molecule has 0 aliphatic carbocycles. The van der Waals surface area contributed by atoms with Crippen LogP contribution in [0.3, 0.4) is 0 Å². The summed E-state index contributed by atoms with van der Waals surface area (Å²) in [5.74, 6) is -0.963. The molecule has 2 amide bonds. The number of urea groups is 1. The van der Waals surface area contributed by atoms with Crippen LogP contribution in [0.2, 0.25) is 0 Å². The summed E-state index contributed by atoms with van der Waals surface area (Å²) in [6, 6.07) is 4.76. The van der Waals surface area contributed by atoms with E-state index in [0.717, 1.165) is 0 Å². The number of carbonyl (C=O) groups is 2. The Morgan fingerprint density at radius 3 is 3.00 bits per heavy atom. The van der Waals surface area contributed by atoms with E-state index in [1.807, 2.05) is 6.07 Å². The standard InChI is InChI=1S/C13H14N4O4/c14-6-11-8-17(3-4-21-11)13(20)16-10-2-1-9(15-7-10)5-12(18)19/h1-2,7,11H,3-5,8H2,(H,16,20)(H,18,19). The lowest BCUT2D eigenvalue weighted by Gasteiger charge is -2.29. The number of nitrogens with zero attached hydrogens (tertiary/aromatic N) is 3. The highest BCUT2D eigenvalue weighted by molar-refractivity contribution is 5.89. The number of aromatic nitrogens is 1. The number of carboxylic acids is 1. The Bertz CT molecular complexity index is 567. The molecule has 1 aliphatic rings. The first-order valence-electron chi connectivity index (χ1n) is 6.32. The van der Waals surface area contributed by atoms with E-state index in [1.165, 1.54) is 11.1 Å². The van der Waals surface area contributed by atoms with Crippen LogP contribution in [-0.4, -0.2) is 52.8 Å². The van der Waals surface area contributed by atoms with E-state index in [0.29, 0.717) is 24.5 Å². The molecule has 1 saturated heterocycles. The van der Waals surface area contributed by atoms with E-state index in [4.69, 9.17) is 15.1 Å². The van der Waals surface area contributed by atoms with Gasteiger partial charge in [-0.25, -0.2) is 4.79 Å². The average molecular weight is 290 g/mol. The van der Waals surface area contributed by atoms with Gasteiger partial charge in [-0.3, -0.25) is 9.78 Å². The Kier molecular flexibility index (Phi) is 4.68. The van der Waals surface area contributed by atoms with E-state index >= 15 is 0 Å². The van der Waals surface area contributed by atoms with Crippen LogP contribution in [0.5, 0.6) is 0 Å². The lowest BCUT2D eigenvalue weighted by molar-refractivity contribution is -0.136. The number of pyridine rings is 1. The van der Waals surface area contributed by atoms with Crippen molar-refractivity contribution in [1.82, 2.24) is 9.88 Å². The summed E-state index contributed by atoms with van der Waals surface area (Å²) < 4.78 is 5.16. The molecule has 2 heterocycles. The average Bonchev–Trinajstić information content (AvgIpc) is 2.49. The van der Waals surface area contributed by atoms with Crippen LogP contribution < -0.4 is 5.32 Å². The maximum atomic E-state index is 12.0. The van der Waals surface area contributed by atoms with Gasteiger partial charge >= 0.3 is 12.0 Å². The minimum atomic E-state index is -0.963.